The molecule has 1 amide bonds. The Kier molecular flexibility index (Phi) is 4.75. The second-order valence-electron chi connectivity index (χ2n) is 5.37. The number of likely N-dealkylation sites (tertiary alicyclic amines) is 1. The summed E-state index contributed by atoms with van der Waals surface area (Å²) in [4.78, 5) is 13.9. The molecule has 0 unspecified atom stereocenters. The smallest absolute Gasteiger partial charge is 0.289 e. The van der Waals surface area contributed by atoms with E-state index >= 15 is 0 Å². The van der Waals surface area contributed by atoms with Crippen LogP contribution in [0.25, 0.3) is 0 Å². The molecule has 0 radical (unpaired) electrons. The van der Waals surface area contributed by atoms with E-state index in [1.165, 1.54) is 6.07 Å². The molecule has 1 saturated heterocycles. The zero-order chi connectivity index (χ0) is 15.8. The first-order chi connectivity index (χ1) is 9.72. The van der Waals surface area contributed by atoms with Gasteiger partial charge >= 0.3 is 0 Å². The van der Waals surface area contributed by atoms with Gasteiger partial charge in [-0.05, 0) is 40.6 Å². The molecular weight excluding hydrogens is 382 g/mol. The maximum absolute atomic E-state index is 12.4. The molecule has 0 aromatic carbocycles. The van der Waals surface area contributed by atoms with E-state index in [-0.39, 0.29) is 26.6 Å². The lowest BCUT2D eigenvalue weighted by Crippen LogP contribution is -2.31. The van der Waals surface area contributed by atoms with Crippen LogP contribution in [0.5, 0.6) is 0 Å². The largest absolute Gasteiger partial charge is 0.443 e. The molecule has 118 valence electrons. The molecule has 5 nitrogen and oxygen atoms in total. The van der Waals surface area contributed by atoms with Crippen molar-refractivity contribution in [2.24, 2.45) is 5.41 Å². The zero-order valence-corrected chi connectivity index (χ0v) is 15.0. The lowest BCUT2D eigenvalue weighted by Gasteiger charge is -2.25. The van der Waals surface area contributed by atoms with Crippen molar-refractivity contribution in [3.8, 4) is 0 Å². The Hall–Kier alpha value is -0.530. The lowest BCUT2D eigenvalue weighted by molar-refractivity contribution is 0.0737. The highest BCUT2D eigenvalue weighted by Crippen LogP contribution is 2.38. The van der Waals surface area contributed by atoms with Crippen LogP contribution in [-0.4, -0.2) is 32.3 Å². The third kappa shape index (κ3) is 3.29. The van der Waals surface area contributed by atoms with Crippen molar-refractivity contribution < 1.29 is 17.6 Å². The van der Waals surface area contributed by atoms with Crippen LogP contribution in [-0.2, 0) is 9.05 Å². The van der Waals surface area contributed by atoms with Gasteiger partial charge in [-0.1, -0.05) is 13.8 Å². The standard InChI is InChI=1S/C13H17BrClNO4S/c1-3-13(4-2)5-6-16(8-13)12(17)9-7-10(11(14)20-9)21(15,18)19/h7H,3-6,8H2,1-2H3. The molecule has 1 aromatic rings. The van der Waals surface area contributed by atoms with Crippen molar-refractivity contribution >= 4 is 41.6 Å². The van der Waals surface area contributed by atoms with E-state index in [2.05, 4.69) is 29.8 Å². The first kappa shape index (κ1) is 16.8. The highest BCUT2D eigenvalue weighted by atomic mass is 79.9. The second kappa shape index (κ2) is 5.93. The summed E-state index contributed by atoms with van der Waals surface area (Å²) >= 11 is 2.98. The second-order valence-corrected chi connectivity index (χ2v) is 8.62. The highest BCUT2D eigenvalue weighted by Gasteiger charge is 2.38. The summed E-state index contributed by atoms with van der Waals surface area (Å²) < 4.78 is 27.9. The highest BCUT2D eigenvalue weighted by molar-refractivity contribution is 9.10. The number of amides is 1. The molecular formula is C13H17BrClNO4S. The lowest BCUT2D eigenvalue weighted by atomic mass is 9.82. The van der Waals surface area contributed by atoms with Crippen LogP contribution in [0.15, 0.2) is 20.0 Å². The van der Waals surface area contributed by atoms with E-state index in [1.54, 1.807) is 4.90 Å². The summed E-state index contributed by atoms with van der Waals surface area (Å²) in [7, 11) is 1.35. The van der Waals surface area contributed by atoms with Crippen LogP contribution >= 0.6 is 26.6 Å². The Morgan fingerprint density at radius 2 is 2.10 bits per heavy atom. The topological polar surface area (TPSA) is 67.6 Å². The van der Waals surface area contributed by atoms with Gasteiger partial charge in [0, 0.05) is 29.8 Å². The van der Waals surface area contributed by atoms with Gasteiger partial charge in [0.15, 0.2) is 10.4 Å². The van der Waals surface area contributed by atoms with Crippen molar-refractivity contribution in [2.75, 3.05) is 13.1 Å². The Labute approximate surface area is 137 Å². The average Bonchev–Trinajstić information content (AvgIpc) is 3.01. The molecule has 0 saturated carbocycles. The number of carbonyl (C=O) groups is 1. The van der Waals surface area contributed by atoms with Crippen molar-refractivity contribution in [1.82, 2.24) is 4.90 Å². The number of furan rings is 1. The van der Waals surface area contributed by atoms with Crippen LogP contribution in [0.1, 0.15) is 43.7 Å². The first-order valence-corrected chi connectivity index (χ1v) is 9.86. The minimum absolute atomic E-state index is 0.0101. The SMILES string of the molecule is CCC1(CC)CCN(C(=O)c2cc(S(=O)(=O)Cl)c(Br)o2)C1. The molecule has 2 rings (SSSR count). The molecule has 1 aliphatic rings. The fourth-order valence-corrected chi connectivity index (χ4v) is 4.75. The summed E-state index contributed by atoms with van der Waals surface area (Å²) in [5.41, 5.74) is 0.154. The fraction of sp³-hybridized carbons (Fsp3) is 0.615. The number of hydrogen-bond donors (Lipinski definition) is 0. The summed E-state index contributed by atoms with van der Waals surface area (Å²) in [6.45, 7) is 5.57. The summed E-state index contributed by atoms with van der Waals surface area (Å²) in [5.74, 6) is -0.310. The van der Waals surface area contributed by atoms with Gasteiger partial charge in [-0.2, -0.15) is 0 Å². The van der Waals surface area contributed by atoms with E-state index in [0.717, 1.165) is 19.3 Å². The number of halogens is 2. The molecule has 0 spiro atoms. The van der Waals surface area contributed by atoms with Crippen LogP contribution in [0.4, 0.5) is 0 Å². The first-order valence-electron chi connectivity index (χ1n) is 6.75. The quantitative estimate of drug-likeness (QED) is 0.726. The van der Waals surface area contributed by atoms with Gasteiger partial charge in [-0.15, -0.1) is 0 Å². The van der Waals surface area contributed by atoms with Gasteiger partial charge < -0.3 is 9.32 Å². The molecule has 8 heteroatoms. The molecule has 0 aliphatic carbocycles. The fourth-order valence-electron chi connectivity index (χ4n) is 2.72. The Bertz CT molecular complexity index is 651. The average molecular weight is 399 g/mol. The molecule has 1 fully saturated rings. The van der Waals surface area contributed by atoms with Crippen molar-refractivity contribution in [1.29, 1.82) is 0 Å². The number of rotatable bonds is 4. The summed E-state index contributed by atoms with van der Waals surface area (Å²) in [6.07, 6.45) is 2.97. The van der Waals surface area contributed by atoms with E-state index in [1.807, 2.05) is 0 Å². The minimum atomic E-state index is -3.94. The van der Waals surface area contributed by atoms with E-state index in [0.29, 0.717) is 13.1 Å². The van der Waals surface area contributed by atoms with Crippen molar-refractivity contribution in [3.63, 3.8) is 0 Å². The van der Waals surface area contributed by atoms with Gasteiger partial charge in [0.1, 0.15) is 4.90 Å². The normalized spacial score (nSPS) is 18.2. The van der Waals surface area contributed by atoms with Crippen LogP contribution in [0, 0.1) is 5.41 Å². The van der Waals surface area contributed by atoms with E-state index in [9.17, 15) is 13.2 Å². The number of nitrogens with zero attached hydrogens (tertiary/aromatic N) is 1. The monoisotopic (exact) mass is 397 g/mol. The predicted octanol–water partition coefficient (Wildman–Crippen LogP) is 3.62. The van der Waals surface area contributed by atoms with Gasteiger partial charge in [0.05, 0.1) is 0 Å². The molecule has 1 aromatic heterocycles. The summed E-state index contributed by atoms with van der Waals surface area (Å²) in [5, 5.41) is 0. The van der Waals surface area contributed by atoms with E-state index in [4.69, 9.17) is 15.1 Å². The minimum Gasteiger partial charge on any atom is -0.443 e. The maximum Gasteiger partial charge on any atom is 0.289 e. The molecule has 2 heterocycles. The third-order valence-electron chi connectivity index (χ3n) is 4.35. The van der Waals surface area contributed by atoms with Gasteiger partial charge in [-0.3, -0.25) is 4.79 Å². The van der Waals surface area contributed by atoms with Gasteiger partial charge in [0.25, 0.3) is 15.0 Å². The molecule has 1 aliphatic heterocycles. The Morgan fingerprint density at radius 3 is 2.52 bits per heavy atom. The summed E-state index contributed by atoms with van der Waals surface area (Å²) in [6, 6.07) is 1.17. The third-order valence-corrected chi connectivity index (χ3v) is 6.53. The molecule has 0 bridgehead atoms. The Balaban J connectivity index is 2.23. The van der Waals surface area contributed by atoms with Crippen LogP contribution in [0.3, 0.4) is 0 Å². The van der Waals surface area contributed by atoms with Crippen molar-refractivity contribution in [2.45, 2.75) is 38.0 Å². The van der Waals surface area contributed by atoms with E-state index < -0.39 is 9.05 Å². The Morgan fingerprint density at radius 1 is 1.48 bits per heavy atom. The maximum atomic E-state index is 12.4. The molecule has 0 N–H and O–H groups in total. The van der Waals surface area contributed by atoms with Crippen LogP contribution in [0.2, 0.25) is 0 Å². The number of hydrogen-bond acceptors (Lipinski definition) is 4. The molecule has 21 heavy (non-hydrogen) atoms. The van der Waals surface area contributed by atoms with Crippen LogP contribution < -0.4 is 0 Å². The zero-order valence-electron chi connectivity index (χ0n) is 11.9. The predicted molar refractivity (Wildman–Crippen MR) is 83.0 cm³/mol. The van der Waals surface area contributed by atoms with Gasteiger partial charge in [-0.25, -0.2) is 8.42 Å². The number of carbonyl (C=O) groups excluding carboxylic acids is 1. The van der Waals surface area contributed by atoms with Gasteiger partial charge in [0.2, 0.25) is 0 Å². The van der Waals surface area contributed by atoms with Crippen molar-refractivity contribution in [3.05, 3.63) is 16.5 Å². The molecule has 0 atom stereocenters.